The van der Waals surface area contributed by atoms with Crippen LogP contribution in [0.25, 0.3) is 0 Å². The summed E-state index contributed by atoms with van der Waals surface area (Å²) in [7, 11) is 0. The highest BCUT2D eigenvalue weighted by Crippen LogP contribution is 2.12. The number of nitrogens with zero attached hydrogens (tertiary/aromatic N) is 1. The second-order valence-corrected chi connectivity index (χ2v) is 4.65. The van der Waals surface area contributed by atoms with Gasteiger partial charge >= 0.3 is 0 Å². The molecule has 0 atom stereocenters. The fourth-order valence-electron chi connectivity index (χ4n) is 1.70. The molecule has 17 heavy (non-hydrogen) atoms. The summed E-state index contributed by atoms with van der Waals surface area (Å²) < 4.78 is 0. The summed E-state index contributed by atoms with van der Waals surface area (Å²) in [6, 6.07) is 7.37. The Labute approximate surface area is 107 Å². The molecule has 0 heterocycles. The van der Waals surface area contributed by atoms with Gasteiger partial charge in [0.2, 0.25) is 5.91 Å². The van der Waals surface area contributed by atoms with E-state index in [4.69, 9.17) is 16.7 Å². The van der Waals surface area contributed by atoms with Crippen LogP contribution in [0.4, 0.5) is 0 Å². The molecule has 0 aliphatic carbocycles. The van der Waals surface area contributed by atoms with Crippen molar-refractivity contribution in [1.29, 1.82) is 0 Å². The van der Waals surface area contributed by atoms with Crippen molar-refractivity contribution in [3.63, 3.8) is 0 Å². The molecule has 1 aromatic rings. The number of hydrogen-bond acceptors (Lipinski definition) is 2. The van der Waals surface area contributed by atoms with Crippen LogP contribution in [0, 0.1) is 0 Å². The Morgan fingerprint density at radius 2 is 2.18 bits per heavy atom. The Balaban J connectivity index is 2.69. The maximum Gasteiger partial charge on any atom is 0.227 e. The molecule has 0 saturated heterocycles. The van der Waals surface area contributed by atoms with Gasteiger partial charge in [-0.25, -0.2) is 0 Å². The number of halogens is 1. The van der Waals surface area contributed by atoms with Crippen LogP contribution >= 0.6 is 11.6 Å². The van der Waals surface area contributed by atoms with Gasteiger partial charge in [-0.05, 0) is 31.5 Å². The van der Waals surface area contributed by atoms with Gasteiger partial charge in [-0.2, -0.15) is 0 Å². The number of carbonyl (C=O) groups excluding carboxylic acids is 1. The molecule has 94 valence electrons. The minimum Gasteiger partial charge on any atom is -0.395 e. The molecule has 1 N–H and O–H groups in total. The Kier molecular flexibility index (Phi) is 5.45. The predicted molar refractivity (Wildman–Crippen MR) is 69.1 cm³/mol. The van der Waals surface area contributed by atoms with Gasteiger partial charge in [-0.3, -0.25) is 4.79 Å². The SMILES string of the molecule is CC(C)N(CCO)C(=O)Cc1cccc(Cl)c1. The van der Waals surface area contributed by atoms with Gasteiger partial charge in [0.15, 0.2) is 0 Å². The average molecular weight is 256 g/mol. The highest BCUT2D eigenvalue weighted by molar-refractivity contribution is 6.30. The van der Waals surface area contributed by atoms with Crippen molar-refractivity contribution in [2.24, 2.45) is 0 Å². The molecule has 0 bridgehead atoms. The van der Waals surface area contributed by atoms with Crippen molar-refractivity contribution in [2.75, 3.05) is 13.2 Å². The van der Waals surface area contributed by atoms with Gasteiger partial charge in [0.25, 0.3) is 0 Å². The molecule has 0 unspecified atom stereocenters. The van der Waals surface area contributed by atoms with E-state index in [1.54, 1.807) is 17.0 Å². The van der Waals surface area contributed by atoms with E-state index in [1.807, 2.05) is 26.0 Å². The molecule has 0 spiro atoms. The van der Waals surface area contributed by atoms with Crippen LogP contribution in [0.3, 0.4) is 0 Å². The van der Waals surface area contributed by atoms with E-state index in [0.29, 0.717) is 18.0 Å². The quantitative estimate of drug-likeness (QED) is 0.876. The first-order chi connectivity index (χ1) is 8.04. The number of carbonyl (C=O) groups is 1. The fraction of sp³-hybridized carbons (Fsp3) is 0.462. The Morgan fingerprint density at radius 3 is 2.71 bits per heavy atom. The maximum absolute atomic E-state index is 12.0. The molecule has 0 aliphatic rings. The lowest BCUT2D eigenvalue weighted by Crippen LogP contribution is -2.39. The molecule has 0 radical (unpaired) electrons. The van der Waals surface area contributed by atoms with Gasteiger partial charge in [-0.15, -0.1) is 0 Å². The first-order valence-electron chi connectivity index (χ1n) is 5.69. The van der Waals surface area contributed by atoms with Gasteiger partial charge in [-0.1, -0.05) is 23.7 Å². The van der Waals surface area contributed by atoms with Crippen LogP contribution in [0.2, 0.25) is 5.02 Å². The van der Waals surface area contributed by atoms with Crippen LogP contribution in [-0.2, 0) is 11.2 Å². The molecule has 1 aromatic carbocycles. The summed E-state index contributed by atoms with van der Waals surface area (Å²) in [6.45, 7) is 4.23. The number of amides is 1. The predicted octanol–water partition coefficient (Wildman–Crippen LogP) is 2.11. The number of aliphatic hydroxyl groups is 1. The van der Waals surface area contributed by atoms with Crippen LogP contribution < -0.4 is 0 Å². The molecular weight excluding hydrogens is 238 g/mol. The third-order valence-corrected chi connectivity index (χ3v) is 2.76. The van der Waals surface area contributed by atoms with E-state index < -0.39 is 0 Å². The van der Waals surface area contributed by atoms with E-state index in [0.717, 1.165) is 5.56 Å². The van der Waals surface area contributed by atoms with Crippen LogP contribution in [0.5, 0.6) is 0 Å². The first kappa shape index (κ1) is 14.0. The third-order valence-electron chi connectivity index (χ3n) is 2.53. The fourth-order valence-corrected chi connectivity index (χ4v) is 1.91. The van der Waals surface area contributed by atoms with Crippen molar-refractivity contribution in [3.05, 3.63) is 34.9 Å². The molecule has 3 nitrogen and oxygen atoms in total. The highest BCUT2D eigenvalue weighted by Gasteiger charge is 2.16. The highest BCUT2D eigenvalue weighted by atomic mass is 35.5. The Morgan fingerprint density at radius 1 is 1.47 bits per heavy atom. The van der Waals surface area contributed by atoms with E-state index in [2.05, 4.69) is 0 Å². The van der Waals surface area contributed by atoms with Crippen LogP contribution in [0.15, 0.2) is 24.3 Å². The smallest absolute Gasteiger partial charge is 0.227 e. The van der Waals surface area contributed by atoms with E-state index >= 15 is 0 Å². The van der Waals surface area contributed by atoms with Gasteiger partial charge in [0.05, 0.1) is 13.0 Å². The lowest BCUT2D eigenvalue weighted by molar-refractivity contribution is -0.132. The van der Waals surface area contributed by atoms with Gasteiger partial charge in [0, 0.05) is 17.6 Å². The van der Waals surface area contributed by atoms with E-state index in [1.165, 1.54) is 0 Å². The van der Waals surface area contributed by atoms with Gasteiger partial charge in [0.1, 0.15) is 0 Å². The molecule has 0 saturated carbocycles. The number of aliphatic hydroxyl groups excluding tert-OH is 1. The molecule has 0 aromatic heterocycles. The zero-order valence-corrected chi connectivity index (χ0v) is 10.9. The minimum atomic E-state index is -0.0144. The van der Waals surface area contributed by atoms with Crippen molar-refractivity contribution in [2.45, 2.75) is 26.3 Å². The number of rotatable bonds is 5. The second kappa shape index (κ2) is 6.62. The maximum atomic E-state index is 12.0. The first-order valence-corrected chi connectivity index (χ1v) is 6.07. The Bertz CT molecular complexity index is 379. The minimum absolute atomic E-state index is 0.0105. The lowest BCUT2D eigenvalue weighted by atomic mass is 10.1. The zero-order valence-electron chi connectivity index (χ0n) is 10.2. The Hall–Kier alpha value is -1.06. The van der Waals surface area contributed by atoms with Crippen molar-refractivity contribution in [1.82, 2.24) is 4.90 Å². The molecule has 1 amide bonds. The molecule has 4 heteroatoms. The van der Waals surface area contributed by atoms with E-state index in [-0.39, 0.29) is 18.6 Å². The summed E-state index contributed by atoms with van der Waals surface area (Å²) >= 11 is 5.87. The lowest BCUT2D eigenvalue weighted by Gasteiger charge is -2.26. The number of hydrogen-bond donors (Lipinski definition) is 1. The largest absolute Gasteiger partial charge is 0.395 e. The summed E-state index contributed by atoms with van der Waals surface area (Å²) in [6.07, 6.45) is 0.318. The molecule has 1 rings (SSSR count). The summed E-state index contributed by atoms with van der Waals surface area (Å²) in [5.74, 6) is 0.0105. The molecular formula is C13H18ClNO2. The van der Waals surface area contributed by atoms with Gasteiger partial charge < -0.3 is 10.0 Å². The summed E-state index contributed by atoms with van der Waals surface area (Å²) in [5, 5.41) is 9.56. The monoisotopic (exact) mass is 255 g/mol. The van der Waals surface area contributed by atoms with Crippen molar-refractivity contribution in [3.8, 4) is 0 Å². The van der Waals surface area contributed by atoms with Crippen LogP contribution in [0.1, 0.15) is 19.4 Å². The summed E-state index contributed by atoms with van der Waals surface area (Å²) in [5.41, 5.74) is 0.895. The second-order valence-electron chi connectivity index (χ2n) is 4.21. The summed E-state index contributed by atoms with van der Waals surface area (Å²) in [4.78, 5) is 13.7. The zero-order chi connectivity index (χ0) is 12.8. The normalized spacial score (nSPS) is 10.6. The van der Waals surface area contributed by atoms with Crippen molar-refractivity contribution < 1.29 is 9.90 Å². The molecule has 0 aliphatic heterocycles. The average Bonchev–Trinajstić information content (AvgIpc) is 2.25. The van der Waals surface area contributed by atoms with Crippen LogP contribution in [-0.4, -0.2) is 35.1 Å². The standard InChI is InChI=1S/C13H18ClNO2/c1-10(2)15(6-7-16)13(17)9-11-4-3-5-12(14)8-11/h3-5,8,10,16H,6-7,9H2,1-2H3. The topological polar surface area (TPSA) is 40.5 Å². The number of benzene rings is 1. The van der Waals surface area contributed by atoms with E-state index in [9.17, 15) is 4.79 Å². The molecule has 0 fully saturated rings. The third kappa shape index (κ3) is 4.36. The van der Waals surface area contributed by atoms with Crippen molar-refractivity contribution >= 4 is 17.5 Å².